The number of benzene rings is 3. The number of methoxy groups -OCH3 is 2. The summed E-state index contributed by atoms with van der Waals surface area (Å²) in [5.41, 5.74) is 9.47. The van der Waals surface area contributed by atoms with E-state index >= 15 is 0 Å². The molecule has 0 saturated heterocycles. The molecule has 0 radical (unpaired) electrons. The second-order valence-electron chi connectivity index (χ2n) is 6.19. The number of ether oxygens (including phenoxy) is 2. The third-order valence-electron chi connectivity index (χ3n) is 4.26. The number of hydrogen-bond donors (Lipinski definition) is 3. The maximum atomic E-state index is 12.4. The Labute approximate surface area is 164 Å². The summed E-state index contributed by atoms with van der Waals surface area (Å²) in [6.07, 6.45) is 0. The number of rotatable bonds is 7. The number of nitrogens with one attached hydrogen (secondary N) is 2. The largest absolute Gasteiger partial charge is 0.497 e. The first-order valence-corrected chi connectivity index (χ1v) is 8.81. The van der Waals surface area contributed by atoms with E-state index in [0.29, 0.717) is 23.5 Å². The Bertz CT molecular complexity index is 933. The minimum atomic E-state index is -0.206. The molecule has 0 heterocycles. The van der Waals surface area contributed by atoms with Crippen LogP contribution in [0.15, 0.2) is 66.7 Å². The van der Waals surface area contributed by atoms with Crippen molar-refractivity contribution in [1.29, 1.82) is 0 Å². The summed E-state index contributed by atoms with van der Waals surface area (Å²) in [6.45, 7) is 0.597. The van der Waals surface area contributed by atoms with Gasteiger partial charge in [0.1, 0.15) is 11.5 Å². The molecule has 0 aliphatic rings. The molecule has 0 saturated carbocycles. The molecule has 6 heteroatoms. The zero-order valence-corrected chi connectivity index (χ0v) is 15.9. The number of carbonyl (C=O) groups is 1. The van der Waals surface area contributed by atoms with E-state index in [2.05, 4.69) is 10.6 Å². The lowest BCUT2D eigenvalue weighted by Crippen LogP contribution is -2.13. The molecule has 0 aromatic heterocycles. The van der Waals surface area contributed by atoms with Gasteiger partial charge in [-0.2, -0.15) is 0 Å². The standard InChI is InChI=1S/C22H23N3O3/c1-27-18-11-15(12-19(13-18)28-2)14-24-17-9-7-16(8-10-17)22(26)25-21-6-4-3-5-20(21)23/h3-13,24H,14,23H2,1-2H3,(H,25,26). The smallest absolute Gasteiger partial charge is 0.255 e. The fourth-order valence-corrected chi connectivity index (χ4v) is 2.72. The zero-order valence-electron chi connectivity index (χ0n) is 15.9. The van der Waals surface area contributed by atoms with Crippen LogP contribution in [0.5, 0.6) is 11.5 Å². The predicted octanol–water partition coefficient (Wildman–Crippen LogP) is 4.15. The quantitative estimate of drug-likeness (QED) is 0.539. The van der Waals surface area contributed by atoms with Crippen molar-refractivity contribution in [2.24, 2.45) is 0 Å². The number of nitrogens with two attached hydrogens (primary N) is 1. The first-order chi connectivity index (χ1) is 13.6. The van der Waals surface area contributed by atoms with Crippen LogP contribution in [-0.4, -0.2) is 20.1 Å². The monoisotopic (exact) mass is 377 g/mol. The Morgan fingerprint density at radius 2 is 1.57 bits per heavy atom. The summed E-state index contributed by atoms with van der Waals surface area (Å²) < 4.78 is 10.6. The van der Waals surface area contributed by atoms with Crippen molar-refractivity contribution < 1.29 is 14.3 Å². The molecule has 0 unspecified atom stereocenters. The molecule has 3 aromatic rings. The Morgan fingerprint density at radius 1 is 0.929 bits per heavy atom. The molecule has 144 valence electrons. The minimum absolute atomic E-state index is 0.206. The van der Waals surface area contributed by atoms with Gasteiger partial charge in [-0.3, -0.25) is 4.79 Å². The molecule has 6 nitrogen and oxygen atoms in total. The van der Waals surface area contributed by atoms with E-state index in [9.17, 15) is 4.79 Å². The van der Waals surface area contributed by atoms with Crippen LogP contribution in [0.4, 0.5) is 17.1 Å². The van der Waals surface area contributed by atoms with Crippen LogP contribution in [0.3, 0.4) is 0 Å². The third kappa shape index (κ3) is 4.73. The number of hydrogen-bond acceptors (Lipinski definition) is 5. The minimum Gasteiger partial charge on any atom is -0.497 e. The Kier molecular flexibility index (Phi) is 6.01. The average Bonchev–Trinajstić information content (AvgIpc) is 2.74. The van der Waals surface area contributed by atoms with Crippen molar-refractivity contribution in [2.45, 2.75) is 6.54 Å². The van der Waals surface area contributed by atoms with Crippen molar-refractivity contribution in [3.05, 3.63) is 77.9 Å². The van der Waals surface area contributed by atoms with Crippen LogP contribution in [0.2, 0.25) is 0 Å². The number of para-hydroxylation sites is 2. The van der Waals surface area contributed by atoms with E-state index < -0.39 is 0 Å². The fourth-order valence-electron chi connectivity index (χ4n) is 2.72. The summed E-state index contributed by atoms with van der Waals surface area (Å²) in [5.74, 6) is 1.27. The Hall–Kier alpha value is -3.67. The average molecular weight is 377 g/mol. The lowest BCUT2D eigenvalue weighted by Gasteiger charge is -2.11. The summed E-state index contributed by atoms with van der Waals surface area (Å²) >= 11 is 0. The lowest BCUT2D eigenvalue weighted by molar-refractivity contribution is 0.102. The number of amides is 1. The van der Waals surface area contributed by atoms with Crippen molar-refractivity contribution in [1.82, 2.24) is 0 Å². The van der Waals surface area contributed by atoms with E-state index in [1.807, 2.05) is 42.5 Å². The molecular formula is C22H23N3O3. The molecule has 1 amide bonds. The fraction of sp³-hybridized carbons (Fsp3) is 0.136. The van der Waals surface area contributed by atoms with Crippen molar-refractivity contribution in [3.8, 4) is 11.5 Å². The zero-order chi connectivity index (χ0) is 19.9. The van der Waals surface area contributed by atoms with Gasteiger partial charge in [0, 0.05) is 23.9 Å². The van der Waals surface area contributed by atoms with Gasteiger partial charge in [0.05, 0.1) is 25.6 Å². The van der Waals surface area contributed by atoms with Crippen LogP contribution in [0.1, 0.15) is 15.9 Å². The lowest BCUT2D eigenvalue weighted by atomic mass is 10.1. The van der Waals surface area contributed by atoms with Gasteiger partial charge in [0.25, 0.3) is 5.91 Å². The topological polar surface area (TPSA) is 85.6 Å². The number of anilines is 3. The Balaban J connectivity index is 1.63. The van der Waals surface area contributed by atoms with Crippen molar-refractivity contribution >= 4 is 23.0 Å². The van der Waals surface area contributed by atoms with Gasteiger partial charge in [-0.15, -0.1) is 0 Å². The molecule has 3 aromatic carbocycles. The predicted molar refractivity (Wildman–Crippen MR) is 112 cm³/mol. The first-order valence-electron chi connectivity index (χ1n) is 8.81. The van der Waals surface area contributed by atoms with E-state index in [-0.39, 0.29) is 5.91 Å². The van der Waals surface area contributed by atoms with E-state index in [1.54, 1.807) is 38.5 Å². The highest BCUT2D eigenvalue weighted by atomic mass is 16.5. The Morgan fingerprint density at radius 3 is 2.18 bits per heavy atom. The molecule has 0 fully saturated rings. The summed E-state index contributed by atoms with van der Waals surface area (Å²) in [7, 11) is 3.25. The molecule has 0 bridgehead atoms. The summed E-state index contributed by atoms with van der Waals surface area (Å²) in [5, 5.41) is 6.14. The van der Waals surface area contributed by atoms with Crippen LogP contribution in [-0.2, 0) is 6.54 Å². The van der Waals surface area contributed by atoms with E-state index in [1.165, 1.54) is 0 Å². The van der Waals surface area contributed by atoms with Gasteiger partial charge in [-0.25, -0.2) is 0 Å². The van der Waals surface area contributed by atoms with Crippen LogP contribution >= 0.6 is 0 Å². The van der Waals surface area contributed by atoms with Crippen molar-refractivity contribution in [3.63, 3.8) is 0 Å². The molecule has 28 heavy (non-hydrogen) atoms. The van der Waals surface area contributed by atoms with Crippen LogP contribution in [0, 0.1) is 0 Å². The third-order valence-corrected chi connectivity index (χ3v) is 4.26. The maximum absolute atomic E-state index is 12.4. The van der Waals surface area contributed by atoms with E-state index in [0.717, 1.165) is 22.7 Å². The van der Waals surface area contributed by atoms with Crippen LogP contribution < -0.4 is 25.8 Å². The molecular weight excluding hydrogens is 354 g/mol. The van der Waals surface area contributed by atoms with Gasteiger partial charge in [0.15, 0.2) is 0 Å². The molecule has 0 aliphatic carbocycles. The SMILES string of the molecule is COc1cc(CNc2ccc(C(=O)Nc3ccccc3N)cc2)cc(OC)c1. The highest BCUT2D eigenvalue weighted by Crippen LogP contribution is 2.23. The van der Waals surface area contributed by atoms with Gasteiger partial charge in [-0.05, 0) is 54.1 Å². The van der Waals surface area contributed by atoms with Gasteiger partial charge in [0.2, 0.25) is 0 Å². The highest BCUT2D eigenvalue weighted by molar-refractivity contribution is 6.05. The van der Waals surface area contributed by atoms with Gasteiger partial charge < -0.3 is 25.8 Å². The number of nitrogen functional groups attached to an aromatic ring is 1. The van der Waals surface area contributed by atoms with Gasteiger partial charge >= 0.3 is 0 Å². The van der Waals surface area contributed by atoms with E-state index in [4.69, 9.17) is 15.2 Å². The van der Waals surface area contributed by atoms with Gasteiger partial charge in [-0.1, -0.05) is 12.1 Å². The number of carbonyl (C=O) groups excluding carboxylic acids is 1. The summed E-state index contributed by atoms with van der Waals surface area (Å²) in [6, 6.07) is 20.1. The first kappa shape index (κ1) is 19.1. The molecule has 0 spiro atoms. The second-order valence-corrected chi connectivity index (χ2v) is 6.19. The van der Waals surface area contributed by atoms with Crippen LogP contribution in [0.25, 0.3) is 0 Å². The highest BCUT2D eigenvalue weighted by Gasteiger charge is 2.08. The second kappa shape index (κ2) is 8.81. The molecule has 0 atom stereocenters. The van der Waals surface area contributed by atoms with Crippen molar-refractivity contribution in [2.75, 3.05) is 30.6 Å². The summed E-state index contributed by atoms with van der Waals surface area (Å²) in [4.78, 5) is 12.4. The molecule has 3 rings (SSSR count). The molecule has 0 aliphatic heterocycles. The normalized spacial score (nSPS) is 10.2. The maximum Gasteiger partial charge on any atom is 0.255 e. The molecule has 4 N–H and O–H groups in total.